The highest BCUT2D eigenvalue weighted by atomic mass is 35.5. The van der Waals surface area contributed by atoms with Crippen LogP contribution in [0.3, 0.4) is 0 Å². The molecule has 0 amide bonds. The maximum absolute atomic E-state index is 13.9. The van der Waals surface area contributed by atoms with E-state index < -0.39 is 0 Å². The topological polar surface area (TPSA) is 17.8 Å². The van der Waals surface area contributed by atoms with Crippen LogP contribution < -0.4 is 0 Å². The molecule has 0 saturated heterocycles. The van der Waals surface area contributed by atoms with E-state index in [-0.39, 0.29) is 11.2 Å². The van der Waals surface area contributed by atoms with Crippen LogP contribution in [0, 0.1) is 11.7 Å². The summed E-state index contributed by atoms with van der Waals surface area (Å²) in [5, 5.41) is -0.203. The van der Waals surface area contributed by atoms with Gasteiger partial charge in [0.1, 0.15) is 11.3 Å². The number of para-hydroxylation sites is 1. The van der Waals surface area contributed by atoms with Crippen molar-refractivity contribution in [1.29, 1.82) is 0 Å². The second-order valence-electron chi connectivity index (χ2n) is 5.78. The SMILES string of the molecule is CC(Cl)c1nc2c(F)cccc2n1CCC1CCCC1. The van der Waals surface area contributed by atoms with Crippen LogP contribution in [0.1, 0.15) is 50.2 Å². The van der Waals surface area contributed by atoms with E-state index in [4.69, 9.17) is 11.6 Å². The monoisotopic (exact) mass is 294 g/mol. The Morgan fingerprint density at radius 3 is 2.85 bits per heavy atom. The summed E-state index contributed by atoms with van der Waals surface area (Å²) in [6.07, 6.45) is 6.49. The third-order valence-corrected chi connectivity index (χ3v) is 4.55. The van der Waals surface area contributed by atoms with Crippen molar-refractivity contribution in [3.05, 3.63) is 29.8 Å². The summed E-state index contributed by atoms with van der Waals surface area (Å²) in [4.78, 5) is 4.41. The highest BCUT2D eigenvalue weighted by Crippen LogP contribution is 2.31. The summed E-state index contributed by atoms with van der Waals surface area (Å²) in [6, 6.07) is 5.14. The molecule has 1 aliphatic carbocycles. The standard InChI is InChI=1S/C16H20ClFN2/c1-11(17)16-19-15-13(18)7-4-8-14(15)20(16)10-9-12-5-2-3-6-12/h4,7-8,11-12H,2-3,5-6,9-10H2,1H3. The molecule has 1 atom stereocenters. The molecule has 2 nitrogen and oxygen atoms in total. The lowest BCUT2D eigenvalue weighted by Gasteiger charge is -2.13. The summed E-state index contributed by atoms with van der Waals surface area (Å²) in [5.74, 6) is 1.32. The minimum atomic E-state index is -0.263. The van der Waals surface area contributed by atoms with Gasteiger partial charge in [0.15, 0.2) is 5.82 Å². The highest BCUT2D eigenvalue weighted by Gasteiger charge is 2.19. The Balaban J connectivity index is 1.94. The van der Waals surface area contributed by atoms with Crippen molar-refractivity contribution >= 4 is 22.6 Å². The summed E-state index contributed by atoms with van der Waals surface area (Å²) >= 11 is 6.22. The first-order chi connectivity index (χ1) is 9.66. The number of nitrogens with zero attached hydrogens (tertiary/aromatic N) is 2. The van der Waals surface area contributed by atoms with Crippen molar-refractivity contribution in [1.82, 2.24) is 9.55 Å². The Morgan fingerprint density at radius 2 is 2.15 bits per heavy atom. The van der Waals surface area contributed by atoms with E-state index in [1.807, 2.05) is 13.0 Å². The van der Waals surface area contributed by atoms with E-state index in [9.17, 15) is 4.39 Å². The predicted molar refractivity (Wildman–Crippen MR) is 80.5 cm³/mol. The molecule has 4 heteroatoms. The Morgan fingerprint density at radius 1 is 1.40 bits per heavy atom. The first-order valence-electron chi connectivity index (χ1n) is 7.45. The number of hydrogen-bond acceptors (Lipinski definition) is 1. The van der Waals surface area contributed by atoms with Crippen LogP contribution in [0.2, 0.25) is 0 Å². The second kappa shape index (κ2) is 5.72. The lowest BCUT2D eigenvalue weighted by Crippen LogP contribution is -2.08. The van der Waals surface area contributed by atoms with E-state index in [1.165, 1.54) is 31.7 Å². The number of benzene rings is 1. The Kier molecular flexibility index (Phi) is 3.97. The van der Waals surface area contributed by atoms with Gasteiger partial charge in [0.05, 0.1) is 10.9 Å². The normalized spacial score (nSPS) is 17.9. The van der Waals surface area contributed by atoms with Crippen molar-refractivity contribution in [3.63, 3.8) is 0 Å². The first-order valence-corrected chi connectivity index (χ1v) is 7.89. The van der Waals surface area contributed by atoms with Crippen molar-refractivity contribution in [2.75, 3.05) is 0 Å². The Bertz CT molecular complexity index is 600. The number of aromatic nitrogens is 2. The Labute approximate surface area is 123 Å². The van der Waals surface area contributed by atoms with Crippen LogP contribution in [-0.2, 0) is 6.54 Å². The van der Waals surface area contributed by atoms with Crippen molar-refractivity contribution in [2.45, 2.75) is 50.9 Å². The summed E-state index contributed by atoms with van der Waals surface area (Å²) < 4.78 is 16.0. The van der Waals surface area contributed by atoms with Gasteiger partial charge in [-0.2, -0.15) is 0 Å². The lowest BCUT2D eigenvalue weighted by molar-refractivity contribution is 0.456. The molecule has 1 heterocycles. The maximum atomic E-state index is 13.9. The van der Waals surface area contributed by atoms with Crippen LogP contribution >= 0.6 is 11.6 Å². The zero-order valence-corrected chi connectivity index (χ0v) is 12.5. The van der Waals surface area contributed by atoms with Crippen LogP contribution in [0.5, 0.6) is 0 Å². The van der Waals surface area contributed by atoms with E-state index in [0.717, 1.165) is 30.2 Å². The molecular weight excluding hydrogens is 275 g/mol. The number of imidazole rings is 1. The molecule has 2 aromatic rings. The van der Waals surface area contributed by atoms with Crippen molar-refractivity contribution < 1.29 is 4.39 Å². The molecule has 3 rings (SSSR count). The van der Waals surface area contributed by atoms with E-state index in [2.05, 4.69) is 9.55 Å². The minimum Gasteiger partial charge on any atom is -0.327 e. The minimum absolute atomic E-state index is 0.203. The lowest BCUT2D eigenvalue weighted by atomic mass is 10.0. The summed E-state index contributed by atoms with van der Waals surface area (Å²) in [6.45, 7) is 2.78. The molecule has 1 saturated carbocycles. The fraction of sp³-hybridized carbons (Fsp3) is 0.562. The molecule has 0 bridgehead atoms. The molecule has 108 valence electrons. The molecule has 1 aromatic heterocycles. The van der Waals surface area contributed by atoms with Gasteiger partial charge in [-0.05, 0) is 31.4 Å². The largest absolute Gasteiger partial charge is 0.327 e. The van der Waals surface area contributed by atoms with Gasteiger partial charge in [-0.15, -0.1) is 11.6 Å². The molecule has 1 fully saturated rings. The summed E-state index contributed by atoms with van der Waals surface area (Å²) in [5.41, 5.74) is 1.31. The van der Waals surface area contributed by atoms with Gasteiger partial charge >= 0.3 is 0 Å². The first kappa shape index (κ1) is 13.9. The van der Waals surface area contributed by atoms with Gasteiger partial charge in [-0.3, -0.25) is 0 Å². The van der Waals surface area contributed by atoms with Gasteiger partial charge in [0.25, 0.3) is 0 Å². The summed E-state index contributed by atoms with van der Waals surface area (Å²) in [7, 11) is 0. The zero-order valence-electron chi connectivity index (χ0n) is 11.8. The third kappa shape index (κ3) is 2.56. The van der Waals surface area contributed by atoms with Gasteiger partial charge < -0.3 is 4.57 Å². The quantitative estimate of drug-likeness (QED) is 0.721. The van der Waals surface area contributed by atoms with Crippen molar-refractivity contribution in [2.24, 2.45) is 5.92 Å². The van der Waals surface area contributed by atoms with Crippen LogP contribution in [0.4, 0.5) is 4.39 Å². The number of alkyl halides is 1. The molecular formula is C16H20ClFN2. The van der Waals surface area contributed by atoms with Crippen LogP contribution in [0.15, 0.2) is 18.2 Å². The fourth-order valence-electron chi connectivity index (χ4n) is 3.28. The number of aryl methyl sites for hydroxylation is 1. The molecule has 0 radical (unpaired) electrons. The average Bonchev–Trinajstić information content (AvgIpc) is 3.03. The molecule has 20 heavy (non-hydrogen) atoms. The second-order valence-corrected chi connectivity index (χ2v) is 6.44. The maximum Gasteiger partial charge on any atom is 0.151 e. The molecule has 0 N–H and O–H groups in total. The zero-order chi connectivity index (χ0) is 14.1. The fourth-order valence-corrected chi connectivity index (χ4v) is 3.45. The van der Waals surface area contributed by atoms with E-state index >= 15 is 0 Å². The molecule has 1 aliphatic rings. The molecule has 0 spiro atoms. The molecule has 1 unspecified atom stereocenters. The number of hydrogen-bond donors (Lipinski definition) is 0. The predicted octanol–water partition coefficient (Wildman–Crippen LogP) is 5.06. The van der Waals surface area contributed by atoms with Gasteiger partial charge in [0, 0.05) is 6.54 Å². The van der Waals surface area contributed by atoms with Crippen LogP contribution in [0.25, 0.3) is 11.0 Å². The molecule has 0 aliphatic heterocycles. The number of fused-ring (bicyclic) bond motifs is 1. The highest BCUT2D eigenvalue weighted by molar-refractivity contribution is 6.20. The van der Waals surface area contributed by atoms with Gasteiger partial charge in [-0.25, -0.2) is 9.37 Å². The number of halogens is 2. The number of rotatable bonds is 4. The van der Waals surface area contributed by atoms with E-state index in [0.29, 0.717) is 5.52 Å². The Hall–Kier alpha value is -1.09. The van der Waals surface area contributed by atoms with Crippen molar-refractivity contribution in [3.8, 4) is 0 Å². The molecule has 1 aromatic carbocycles. The smallest absolute Gasteiger partial charge is 0.151 e. The van der Waals surface area contributed by atoms with Gasteiger partial charge in [0.2, 0.25) is 0 Å². The third-order valence-electron chi connectivity index (χ3n) is 4.35. The van der Waals surface area contributed by atoms with Crippen LogP contribution in [-0.4, -0.2) is 9.55 Å². The van der Waals surface area contributed by atoms with E-state index in [1.54, 1.807) is 6.07 Å². The van der Waals surface area contributed by atoms with Gasteiger partial charge in [-0.1, -0.05) is 31.7 Å². The average molecular weight is 295 g/mol.